The number of allylic oxidation sites excluding steroid dienone is 1. The highest BCUT2D eigenvalue weighted by Gasteiger charge is 2.52. The molecule has 1 aromatic rings. The fraction of sp³-hybridized carbons (Fsp3) is 0.308. The fourth-order valence-electron chi connectivity index (χ4n) is 2.09. The SMILES string of the molecule is COc1ccccc1C1(C)NC(C(=O)O)=C(C(F)(F)F)O1. The average Bonchev–Trinajstić information content (AvgIpc) is 2.78. The van der Waals surface area contributed by atoms with E-state index < -0.39 is 29.3 Å². The van der Waals surface area contributed by atoms with Crippen LogP contribution in [0.25, 0.3) is 0 Å². The van der Waals surface area contributed by atoms with Crippen molar-refractivity contribution in [1.82, 2.24) is 5.32 Å². The molecule has 0 saturated carbocycles. The molecule has 1 heterocycles. The Morgan fingerprint density at radius 2 is 2.00 bits per heavy atom. The van der Waals surface area contributed by atoms with Crippen LogP contribution in [0.15, 0.2) is 35.7 Å². The van der Waals surface area contributed by atoms with E-state index in [1.54, 1.807) is 12.1 Å². The van der Waals surface area contributed by atoms with Crippen LogP contribution in [-0.4, -0.2) is 24.4 Å². The van der Waals surface area contributed by atoms with Gasteiger partial charge < -0.3 is 19.9 Å². The van der Waals surface area contributed by atoms with E-state index >= 15 is 0 Å². The zero-order chi connectivity index (χ0) is 15.8. The Balaban J connectivity index is 2.48. The minimum atomic E-state index is -4.92. The Hall–Kier alpha value is -2.38. The largest absolute Gasteiger partial charge is 0.496 e. The van der Waals surface area contributed by atoms with Crippen LogP contribution in [-0.2, 0) is 15.3 Å². The topological polar surface area (TPSA) is 67.8 Å². The summed E-state index contributed by atoms with van der Waals surface area (Å²) in [4.78, 5) is 11.0. The summed E-state index contributed by atoms with van der Waals surface area (Å²) in [5, 5.41) is 11.2. The van der Waals surface area contributed by atoms with E-state index in [0.717, 1.165) is 0 Å². The Labute approximate surface area is 118 Å². The van der Waals surface area contributed by atoms with Gasteiger partial charge in [0.2, 0.25) is 11.5 Å². The van der Waals surface area contributed by atoms with Gasteiger partial charge in [0.25, 0.3) is 0 Å². The van der Waals surface area contributed by atoms with Gasteiger partial charge in [0, 0.05) is 0 Å². The van der Waals surface area contributed by atoms with Crippen LogP contribution in [0.4, 0.5) is 13.2 Å². The summed E-state index contributed by atoms with van der Waals surface area (Å²) in [5.74, 6) is -3.04. The molecule has 0 aliphatic carbocycles. The molecule has 1 aliphatic heterocycles. The maximum atomic E-state index is 12.9. The summed E-state index contributed by atoms with van der Waals surface area (Å²) < 4.78 is 48.7. The molecule has 2 rings (SSSR count). The lowest BCUT2D eigenvalue weighted by atomic mass is 10.0. The average molecular weight is 303 g/mol. The van der Waals surface area contributed by atoms with Crippen LogP contribution in [0.5, 0.6) is 5.75 Å². The summed E-state index contributed by atoms with van der Waals surface area (Å²) in [7, 11) is 1.35. The minimum Gasteiger partial charge on any atom is -0.496 e. The molecule has 0 aromatic heterocycles. The van der Waals surface area contributed by atoms with Crippen molar-refractivity contribution >= 4 is 5.97 Å². The van der Waals surface area contributed by atoms with Gasteiger partial charge in [0.1, 0.15) is 5.75 Å². The Kier molecular flexibility index (Phi) is 3.48. The molecular weight excluding hydrogens is 291 g/mol. The van der Waals surface area contributed by atoms with E-state index in [2.05, 4.69) is 5.32 Å². The number of para-hydroxylation sites is 1. The number of alkyl halides is 3. The maximum Gasteiger partial charge on any atom is 0.451 e. The molecule has 5 nitrogen and oxygen atoms in total. The van der Waals surface area contributed by atoms with Gasteiger partial charge in [-0.15, -0.1) is 0 Å². The first-order valence-electron chi connectivity index (χ1n) is 5.84. The number of carboxylic acid groups (broad SMARTS) is 1. The number of hydrogen-bond acceptors (Lipinski definition) is 4. The number of carbonyl (C=O) groups is 1. The number of ether oxygens (including phenoxy) is 2. The van der Waals surface area contributed by atoms with Crippen molar-refractivity contribution in [3.05, 3.63) is 41.3 Å². The van der Waals surface area contributed by atoms with Gasteiger partial charge in [0.15, 0.2) is 5.70 Å². The van der Waals surface area contributed by atoms with Crippen LogP contribution in [0.1, 0.15) is 12.5 Å². The fourth-order valence-corrected chi connectivity index (χ4v) is 2.09. The van der Waals surface area contributed by atoms with Crippen LogP contribution < -0.4 is 10.1 Å². The van der Waals surface area contributed by atoms with Gasteiger partial charge in [-0.1, -0.05) is 12.1 Å². The third-order valence-corrected chi connectivity index (χ3v) is 2.99. The first-order valence-corrected chi connectivity index (χ1v) is 5.84. The second kappa shape index (κ2) is 4.87. The third kappa shape index (κ3) is 2.61. The smallest absolute Gasteiger partial charge is 0.451 e. The number of halogens is 3. The predicted octanol–water partition coefficient (Wildman–Crippen LogP) is 2.35. The Morgan fingerprint density at radius 3 is 2.48 bits per heavy atom. The van der Waals surface area contributed by atoms with Gasteiger partial charge in [0.05, 0.1) is 12.7 Å². The maximum absolute atomic E-state index is 12.9. The quantitative estimate of drug-likeness (QED) is 0.897. The third-order valence-electron chi connectivity index (χ3n) is 2.99. The van der Waals surface area contributed by atoms with Gasteiger partial charge in [-0.2, -0.15) is 13.2 Å². The summed E-state index contributed by atoms with van der Waals surface area (Å²) in [6.07, 6.45) is -4.92. The van der Waals surface area contributed by atoms with Crippen molar-refractivity contribution < 1.29 is 32.5 Å². The second-order valence-corrected chi connectivity index (χ2v) is 4.47. The molecule has 2 N–H and O–H groups in total. The van der Waals surface area contributed by atoms with Crippen molar-refractivity contribution in [2.24, 2.45) is 0 Å². The molecule has 8 heteroatoms. The van der Waals surface area contributed by atoms with Gasteiger partial charge in [-0.05, 0) is 19.1 Å². The molecule has 0 bridgehead atoms. The highest BCUT2D eigenvalue weighted by atomic mass is 19.4. The number of nitrogens with one attached hydrogen (secondary N) is 1. The molecule has 114 valence electrons. The summed E-state index contributed by atoms with van der Waals surface area (Å²) in [6, 6.07) is 6.25. The lowest BCUT2D eigenvalue weighted by Crippen LogP contribution is -2.37. The number of aliphatic carboxylic acids is 1. The predicted molar refractivity (Wildman–Crippen MR) is 65.3 cm³/mol. The molecule has 1 unspecified atom stereocenters. The van der Waals surface area contributed by atoms with E-state index in [1.165, 1.54) is 26.2 Å². The number of benzene rings is 1. The summed E-state index contributed by atoms with van der Waals surface area (Å²) in [5.41, 5.74) is -2.47. The van der Waals surface area contributed by atoms with Crippen molar-refractivity contribution in [1.29, 1.82) is 0 Å². The van der Waals surface area contributed by atoms with Crippen LogP contribution in [0.2, 0.25) is 0 Å². The molecule has 0 saturated heterocycles. The summed E-state index contributed by atoms with van der Waals surface area (Å²) >= 11 is 0. The normalized spacial score (nSPS) is 21.8. The van der Waals surface area contributed by atoms with Crippen LogP contribution in [0, 0.1) is 0 Å². The number of rotatable bonds is 3. The molecule has 1 aliphatic rings. The van der Waals surface area contributed by atoms with Crippen molar-refractivity contribution in [3.8, 4) is 5.75 Å². The standard InChI is InChI=1S/C13H12F3NO4/c1-12(7-5-3-4-6-8(7)20-2)17-9(11(18)19)10(21-12)13(14,15)16/h3-6,17H,1-2H3,(H,18,19). The van der Waals surface area contributed by atoms with E-state index in [0.29, 0.717) is 0 Å². The Bertz CT molecular complexity index is 612. The van der Waals surface area contributed by atoms with Crippen molar-refractivity contribution in [2.75, 3.05) is 7.11 Å². The minimum absolute atomic E-state index is 0.255. The second-order valence-electron chi connectivity index (χ2n) is 4.47. The monoisotopic (exact) mass is 303 g/mol. The molecule has 1 atom stereocenters. The van der Waals surface area contributed by atoms with Gasteiger partial charge in [-0.25, -0.2) is 4.79 Å². The molecule has 21 heavy (non-hydrogen) atoms. The van der Waals surface area contributed by atoms with Gasteiger partial charge >= 0.3 is 12.1 Å². The summed E-state index contributed by atoms with van der Waals surface area (Å²) in [6.45, 7) is 1.30. The number of hydrogen-bond donors (Lipinski definition) is 2. The van der Waals surface area contributed by atoms with E-state index in [9.17, 15) is 18.0 Å². The highest BCUT2D eigenvalue weighted by Crippen LogP contribution is 2.43. The highest BCUT2D eigenvalue weighted by molar-refractivity contribution is 5.87. The molecule has 0 spiro atoms. The van der Waals surface area contributed by atoms with E-state index in [-0.39, 0.29) is 11.3 Å². The molecular formula is C13H12F3NO4. The molecule has 0 amide bonds. The Morgan fingerprint density at radius 1 is 1.38 bits per heavy atom. The first kappa shape index (κ1) is 15.0. The zero-order valence-electron chi connectivity index (χ0n) is 11.1. The number of methoxy groups -OCH3 is 1. The van der Waals surface area contributed by atoms with E-state index in [4.69, 9.17) is 14.6 Å². The van der Waals surface area contributed by atoms with E-state index in [1.807, 2.05) is 0 Å². The first-order chi connectivity index (χ1) is 9.69. The van der Waals surface area contributed by atoms with Gasteiger partial charge in [-0.3, -0.25) is 0 Å². The molecule has 0 radical (unpaired) electrons. The van der Waals surface area contributed by atoms with Crippen molar-refractivity contribution in [3.63, 3.8) is 0 Å². The van der Waals surface area contributed by atoms with Crippen LogP contribution >= 0.6 is 0 Å². The number of carboxylic acids is 1. The lowest BCUT2D eigenvalue weighted by Gasteiger charge is -2.28. The zero-order valence-corrected chi connectivity index (χ0v) is 11.1. The lowest BCUT2D eigenvalue weighted by molar-refractivity contribution is -0.151. The molecule has 0 fully saturated rings. The van der Waals surface area contributed by atoms with Crippen LogP contribution in [0.3, 0.4) is 0 Å². The molecule has 1 aromatic carbocycles. The van der Waals surface area contributed by atoms with Crippen molar-refractivity contribution in [2.45, 2.75) is 18.8 Å².